The summed E-state index contributed by atoms with van der Waals surface area (Å²) >= 11 is 11.9. The van der Waals surface area contributed by atoms with E-state index in [0.29, 0.717) is 35.1 Å². The third-order valence-electron chi connectivity index (χ3n) is 3.40. The van der Waals surface area contributed by atoms with Crippen molar-refractivity contribution in [2.75, 3.05) is 20.2 Å². The van der Waals surface area contributed by atoms with E-state index < -0.39 is 0 Å². The normalized spacial score (nSPS) is 18.2. The van der Waals surface area contributed by atoms with Crippen LogP contribution in [0, 0.1) is 5.92 Å². The number of carbonyl (C=O) groups excluding carboxylic acids is 2. The molecule has 1 aliphatic rings. The minimum atomic E-state index is -0.271. The van der Waals surface area contributed by atoms with Gasteiger partial charge >= 0.3 is 5.97 Å². The summed E-state index contributed by atoms with van der Waals surface area (Å²) in [5.41, 5.74) is 0.682. The van der Waals surface area contributed by atoms with Gasteiger partial charge in [-0.1, -0.05) is 23.2 Å². The molecule has 0 saturated carbocycles. The minimum absolute atomic E-state index is 0.155. The van der Waals surface area contributed by atoms with Crippen LogP contribution in [0.1, 0.15) is 12.0 Å². The smallest absolute Gasteiger partial charge is 0.310 e. The minimum Gasteiger partial charge on any atom is -0.469 e. The van der Waals surface area contributed by atoms with E-state index in [1.165, 1.54) is 13.2 Å². The van der Waals surface area contributed by atoms with Crippen molar-refractivity contribution >= 4 is 41.2 Å². The summed E-state index contributed by atoms with van der Waals surface area (Å²) in [5, 5.41) is 1.08. The van der Waals surface area contributed by atoms with Gasteiger partial charge in [0.1, 0.15) is 0 Å². The number of likely N-dealkylation sites (tertiary alicyclic amines) is 1. The number of rotatable bonds is 3. The molecule has 1 heterocycles. The maximum Gasteiger partial charge on any atom is 0.310 e. The van der Waals surface area contributed by atoms with Gasteiger partial charge in [-0.15, -0.1) is 0 Å². The van der Waals surface area contributed by atoms with Crippen LogP contribution in [0.4, 0.5) is 0 Å². The van der Waals surface area contributed by atoms with E-state index in [4.69, 9.17) is 27.9 Å². The SMILES string of the molecule is COC(=O)C1CCN(C(=O)/C=C/c2cc(Cl)ccc2Cl)C1. The van der Waals surface area contributed by atoms with Crippen LogP contribution in [-0.2, 0) is 14.3 Å². The summed E-state index contributed by atoms with van der Waals surface area (Å²) in [6.45, 7) is 0.936. The molecule has 1 saturated heterocycles. The van der Waals surface area contributed by atoms with E-state index in [1.807, 2.05) is 0 Å². The molecule has 2 rings (SSSR count). The van der Waals surface area contributed by atoms with E-state index in [2.05, 4.69) is 0 Å². The maximum atomic E-state index is 12.1. The van der Waals surface area contributed by atoms with Gasteiger partial charge in [0, 0.05) is 29.2 Å². The third kappa shape index (κ3) is 3.99. The van der Waals surface area contributed by atoms with Crippen LogP contribution in [-0.4, -0.2) is 37.0 Å². The van der Waals surface area contributed by atoms with E-state index in [1.54, 1.807) is 29.2 Å². The predicted molar refractivity (Wildman–Crippen MR) is 82.2 cm³/mol. The molecule has 0 bridgehead atoms. The van der Waals surface area contributed by atoms with Gasteiger partial charge in [-0.05, 0) is 36.3 Å². The molecule has 1 aromatic carbocycles. The molecule has 1 aromatic rings. The maximum absolute atomic E-state index is 12.1. The van der Waals surface area contributed by atoms with Crippen molar-refractivity contribution in [1.29, 1.82) is 0 Å². The van der Waals surface area contributed by atoms with Crippen molar-refractivity contribution in [2.24, 2.45) is 5.92 Å². The van der Waals surface area contributed by atoms with Gasteiger partial charge in [-0.3, -0.25) is 9.59 Å². The molecule has 21 heavy (non-hydrogen) atoms. The molecular weight excluding hydrogens is 313 g/mol. The van der Waals surface area contributed by atoms with Crippen LogP contribution in [0.5, 0.6) is 0 Å². The summed E-state index contributed by atoms with van der Waals surface area (Å²) in [7, 11) is 1.36. The van der Waals surface area contributed by atoms with Crippen molar-refractivity contribution in [3.63, 3.8) is 0 Å². The number of hydrogen-bond donors (Lipinski definition) is 0. The monoisotopic (exact) mass is 327 g/mol. The standard InChI is InChI=1S/C15H15Cl2NO3/c1-21-15(20)11-6-7-18(9-11)14(19)5-2-10-8-12(16)3-4-13(10)17/h2-5,8,11H,6-7,9H2,1H3/b5-2+. The average molecular weight is 328 g/mol. The number of benzene rings is 1. The van der Waals surface area contributed by atoms with Crippen LogP contribution in [0.25, 0.3) is 6.08 Å². The van der Waals surface area contributed by atoms with Crippen molar-refractivity contribution in [3.05, 3.63) is 39.9 Å². The second-order valence-electron chi connectivity index (χ2n) is 4.79. The van der Waals surface area contributed by atoms with Gasteiger partial charge in [0.05, 0.1) is 13.0 Å². The van der Waals surface area contributed by atoms with Crippen molar-refractivity contribution in [2.45, 2.75) is 6.42 Å². The van der Waals surface area contributed by atoms with Gasteiger partial charge in [0.2, 0.25) is 5.91 Å². The average Bonchev–Trinajstić information content (AvgIpc) is 2.97. The largest absolute Gasteiger partial charge is 0.469 e. The van der Waals surface area contributed by atoms with E-state index in [-0.39, 0.29) is 17.8 Å². The van der Waals surface area contributed by atoms with Crippen molar-refractivity contribution < 1.29 is 14.3 Å². The van der Waals surface area contributed by atoms with Crippen LogP contribution in [0.2, 0.25) is 10.0 Å². The Morgan fingerprint density at radius 3 is 2.86 bits per heavy atom. The number of halogens is 2. The number of amides is 1. The highest BCUT2D eigenvalue weighted by atomic mass is 35.5. The lowest BCUT2D eigenvalue weighted by molar-refractivity contribution is -0.145. The van der Waals surface area contributed by atoms with Gasteiger partial charge in [0.15, 0.2) is 0 Å². The molecule has 112 valence electrons. The molecule has 1 atom stereocenters. The Balaban J connectivity index is 2.00. The van der Waals surface area contributed by atoms with Crippen LogP contribution in [0.3, 0.4) is 0 Å². The highest BCUT2D eigenvalue weighted by molar-refractivity contribution is 6.34. The first-order valence-electron chi connectivity index (χ1n) is 6.51. The molecular formula is C15H15Cl2NO3. The Morgan fingerprint density at radius 2 is 2.14 bits per heavy atom. The van der Waals surface area contributed by atoms with Crippen LogP contribution >= 0.6 is 23.2 Å². The molecule has 0 aromatic heterocycles. The fourth-order valence-corrected chi connectivity index (χ4v) is 2.59. The second-order valence-corrected chi connectivity index (χ2v) is 5.64. The van der Waals surface area contributed by atoms with Gasteiger partial charge in [0.25, 0.3) is 0 Å². The molecule has 1 amide bonds. The lowest BCUT2D eigenvalue weighted by Gasteiger charge is -2.13. The summed E-state index contributed by atoms with van der Waals surface area (Å²) in [5.74, 6) is -0.660. The molecule has 0 spiro atoms. The summed E-state index contributed by atoms with van der Waals surface area (Å²) in [4.78, 5) is 25.1. The number of ether oxygens (including phenoxy) is 1. The van der Waals surface area contributed by atoms with E-state index in [9.17, 15) is 9.59 Å². The highest BCUT2D eigenvalue weighted by Crippen LogP contribution is 2.22. The number of hydrogen-bond acceptors (Lipinski definition) is 3. The van der Waals surface area contributed by atoms with Gasteiger partial charge in [-0.25, -0.2) is 0 Å². The quantitative estimate of drug-likeness (QED) is 0.633. The molecule has 1 aliphatic heterocycles. The first-order valence-corrected chi connectivity index (χ1v) is 7.26. The zero-order valence-corrected chi connectivity index (χ0v) is 13.0. The highest BCUT2D eigenvalue weighted by Gasteiger charge is 2.30. The molecule has 1 unspecified atom stereocenters. The number of nitrogens with zero attached hydrogens (tertiary/aromatic N) is 1. The van der Waals surface area contributed by atoms with E-state index in [0.717, 1.165) is 0 Å². The number of carbonyl (C=O) groups is 2. The van der Waals surface area contributed by atoms with Crippen molar-refractivity contribution in [3.8, 4) is 0 Å². The molecule has 0 N–H and O–H groups in total. The zero-order chi connectivity index (χ0) is 15.4. The Bertz CT molecular complexity index is 586. The zero-order valence-electron chi connectivity index (χ0n) is 11.5. The fraction of sp³-hybridized carbons (Fsp3) is 0.333. The number of esters is 1. The molecule has 0 aliphatic carbocycles. The Labute approximate surface area is 133 Å². The third-order valence-corrected chi connectivity index (χ3v) is 3.98. The molecule has 6 heteroatoms. The Kier molecular flexibility index (Phi) is 5.26. The van der Waals surface area contributed by atoms with Crippen LogP contribution in [0.15, 0.2) is 24.3 Å². The van der Waals surface area contributed by atoms with Gasteiger partial charge in [-0.2, -0.15) is 0 Å². The topological polar surface area (TPSA) is 46.6 Å². The fourth-order valence-electron chi connectivity index (χ4n) is 2.23. The predicted octanol–water partition coefficient (Wildman–Crippen LogP) is 3.03. The first-order chi connectivity index (χ1) is 10.0. The Hall–Kier alpha value is -1.52. The molecule has 0 radical (unpaired) electrons. The lowest BCUT2D eigenvalue weighted by Crippen LogP contribution is -2.28. The summed E-state index contributed by atoms with van der Waals surface area (Å²) < 4.78 is 4.69. The van der Waals surface area contributed by atoms with Crippen LogP contribution < -0.4 is 0 Å². The van der Waals surface area contributed by atoms with Gasteiger partial charge < -0.3 is 9.64 Å². The lowest BCUT2D eigenvalue weighted by atomic mass is 10.1. The second kappa shape index (κ2) is 6.96. The molecule has 4 nitrogen and oxygen atoms in total. The van der Waals surface area contributed by atoms with Crippen molar-refractivity contribution in [1.82, 2.24) is 4.90 Å². The first kappa shape index (κ1) is 15.9. The summed E-state index contributed by atoms with van der Waals surface area (Å²) in [6.07, 6.45) is 3.70. The Morgan fingerprint density at radius 1 is 1.38 bits per heavy atom. The number of methoxy groups -OCH3 is 1. The van der Waals surface area contributed by atoms with E-state index >= 15 is 0 Å². The summed E-state index contributed by atoms with van der Waals surface area (Å²) in [6, 6.07) is 5.05. The molecule has 1 fully saturated rings.